The van der Waals surface area contributed by atoms with Gasteiger partial charge in [0, 0.05) is 12.6 Å². The van der Waals surface area contributed by atoms with Crippen LogP contribution in [0.3, 0.4) is 0 Å². The molecule has 0 aromatic carbocycles. The zero-order valence-electron chi connectivity index (χ0n) is 13.3. The van der Waals surface area contributed by atoms with E-state index >= 15 is 0 Å². The molecule has 2 heterocycles. The summed E-state index contributed by atoms with van der Waals surface area (Å²) in [6.45, 7) is 1.81. The number of ether oxygens (including phenoxy) is 1. The van der Waals surface area contributed by atoms with Gasteiger partial charge >= 0.3 is 5.69 Å². The standard InChI is InChI=1S/C16H24N2O5/c1-2-3-4-5-6-7-11-9-18(16(22)17-15(11)21)14-8-12(20)13(10-19)23-14/h6-7,9,12-14,19-20H,2-5,8,10H2,1H3,(H,17,21,22)/t12-,13-,14-/m1/s1. The summed E-state index contributed by atoms with van der Waals surface area (Å²) in [6, 6.07) is 0. The maximum atomic E-state index is 12.0. The van der Waals surface area contributed by atoms with Crippen LogP contribution in [-0.4, -0.2) is 38.6 Å². The van der Waals surface area contributed by atoms with E-state index in [1.165, 1.54) is 10.8 Å². The lowest BCUT2D eigenvalue weighted by atomic mass is 10.2. The van der Waals surface area contributed by atoms with Crippen LogP contribution in [0.1, 0.15) is 50.8 Å². The van der Waals surface area contributed by atoms with Crippen LogP contribution in [0, 0.1) is 0 Å². The largest absolute Gasteiger partial charge is 0.394 e. The van der Waals surface area contributed by atoms with Crippen LogP contribution in [0.2, 0.25) is 0 Å². The molecule has 2 rings (SSSR count). The molecule has 128 valence electrons. The average Bonchev–Trinajstić information content (AvgIpc) is 2.89. The van der Waals surface area contributed by atoms with Crippen molar-refractivity contribution >= 4 is 6.08 Å². The van der Waals surface area contributed by atoms with Gasteiger partial charge in [0.1, 0.15) is 12.3 Å². The van der Waals surface area contributed by atoms with E-state index in [1.807, 2.05) is 6.08 Å². The molecule has 7 heteroatoms. The Morgan fingerprint density at radius 1 is 1.43 bits per heavy atom. The minimum Gasteiger partial charge on any atom is -0.394 e. The minimum atomic E-state index is -0.836. The highest BCUT2D eigenvalue weighted by atomic mass is 16.5. The Labute approximate surface area is 134 Å². The van der Waals surface area contributed by atoms with E-state index in [0.29, 0.717) is 5.56 Å². The molecule has 1 saturated heterocycles. The SMILES string of the molecule is CCCCCC=Cc1cn([C@H]2C[C@@H](O)[C@@H](CO)O2)c(=O)[nH]c1=O. The van der Waals surface area contributed by atoms with Crippen molar-refractivity contribution in [1.29, 1.82) is 0 Å². The van der Waals surface area contributed by atoms with Crippen LogP contribution in [-0.2, 0) is 4.74 Å². The van der Waals surface area contributed by atoms with Crippen molar-refractivity contribution in [3.63, 3.8) is 0 Å². The maximum absolute atomic E-state index is 12.0. The quantitative estimate of drug-likeness (QED) is 0.643. The highest BCUT2D eigenvalue weighted by molar-refractivity contribution is 5.46. The normalized spacial score (nSPS) is 24.6. The molecule has 3 N–H and O–H groups in total. The Bertz CT molecular complexity index is 649. The average molecular weight is 324 g/mol. The van der Waals surface area contributed by atoms with Crippen molar-refractivity contribution in [2.75, 3.05) is 6.61 Å². The summed E-state index contributed by atoms with van der Waals surface area (Å²) < 4.78 is 6.71. The molecule has 1 aromatic rings. The van der Waals surface area contributed by atoms with Gasteiger partial charge in [0.2, 0.25) is 0 Å². The molecular weight excluding hydrogens is 300 g/mol. The van der Waals surface area contributed by atoms with Gasteiger partial charge in [-0.3, -0.25) is 14.3 Å². The van der Waals surface area contributed by atoms with Crippen LogP contribution in [0.25, 0.3) is 6.08 Å². The molecule has 0 spiro atoms. The number of allylic oxidation sites excluding steroid dienone is 1. The molecule has 0 bridgehead atoms. The highest BCUT2D eigenvalue weighted by Crippen LogP contribution is 2.27. The second kappa shape index (κ2) is 8.24. The fourth-order valence-electron chi connectivity index (χ4n) is 2.61. The molecular formula is C16H24N2O5. The Kier molecular flexibility index (Phi) is 6.32. The third kappa shape index (κ3) is 4.40. The lowest BCUT2D eigenvalue weighted by Crippen LogP contribution is -2.33. The topological polar surface area (TPSA) is 105 Å². The Morgan fingerprint density at radius 2 is 2.22 bits per heavy atom. The van der Waals surface area contributed by atoms with Crippen LogP contribution in [0.5, 0.6) is 0 Å². The van der Waals surface area contributed by atoms with Crippen molar-refractivity contribution in [2.24, 2.45) is 0 Å². The van der Waals surface area contributed by atoms with E-state index < -0.39 is 29.7 Å². The molecule has 0 amide bonds. The molecule has 23 heavy (non-hydrogen) atoms. The first-order valence-electron chi connectivity index (χ1n) is 8.03. The summed E-state index contributed by atoms with van der Waals surface area (Å²) in [4.78, 5) is 26.1. The molecule has 1 aliphatic heterocycles. The number of aromatic amines is 1. The zero-order chi connectivity index (χ0) is 16.8. The fraction of sp³-hybridized carbons (Fsp3) is 0.625. The molecule has 0 unspecified atom stereocenters. The molecule has 0 saturated carbocycles. The summed E-state index contributed by atoms with van der Waals surface area (Å²) in [5.74, 6) is 0. The molecule has 1 fully saturated rings. The fourth-order valence-corrected chi connectivity index (χ4v) is 2.61. The number of hydrogen-bond acceptors (Lipinski definition) is 5. The van der Waals surface area contributed by atoms with Gasteiger partial charge < -0.3 is 14.9 Å². The summed E-state index contributed by atoms with van der Waals surface area (Å²) in [5, 5.41) is 18.9. The van der Waals surface area contributed by atoms with Crippen molar-refractivity contribution in [1.82, 2.24) is 9.55 Å². The zero-order valence-corrected chi connectivity index (χ0v) is 13.3. The number of unbranched alkanes of at least 4 members (excludes halogenated alkanes) is 3. The van der Waals surface area contributed by atoms with Gasteiger partial charge in [-0.1, -0.05) is 31.9 Å². The number of aromatic nitrogens is 2. The number of hydrogen-bond donors (Lipinski definition) is 3. The van der Waals surface area contributed by atoms with Gasteiger partial charge in [0.25, 0.3) is 5.56 Å². The third-order valence-corrected chi connectivity index (χ3v) is 3.96. The highest BCUT2D eigenvalue weighted by Gasteiger charge is 2.35. The van der Waals surface area contributed by atoms with Crippen LogP contribution in [0.4, 0.5) is 0 Å². The Balaban J connectivity index is 2.17. The predicted molar refractivity (Wildman–Crippen MR) is 86.1 cm³/mol. The first-order valence-corrected chi connectivity index (χ1v) is 8.03. The smallest absolute Gasteiger partial charge is 0.330 e. The van der Waals surface area contributed by atoms with E-state index in [2.05, 4.69) is 11.9 Å². The maximum Gasteiger partial charge on any atom is 0.330 e. The van der Waals surface area contributed by atoms with Crippen LogP contribution in [0.15, 0.2) is 21.9 Å². The summed E-state index contributed by atoms with van der Waals surface area (Å²) >= 11 is 0. The summed E-state index contributed by atoms with van der Waals surface area (Å²) in [6.07, 6.45) is 7.19. The van der Waals surface area contributed by atoms with Gasteiger partial charge in [-0.15, -0.1) is 0 Å². The molecule has 1 aromatic heterocycles. The monoisotopic (exact) mass is 324 g/mol. The van der Waals surface area contributed by atoms with Gasteiger partial charge in [0.05, 0.1) is 18.3 Å². The number of nitrogens with one attached hydrogen (secondary N) is 1. The van der Waals surface area contributed by atoms with E-state index in [1.54, 1.807) is 6.08 Å². The summed E-state index contributed by atoms with van der Waals surface area (Å²) in [5.41, 5.74) is -0.671. The van der Waals surface area contributed by atoms with E-state index in [4.69, 9.17) is 9.84 Å². The number of aliphatic hydroxyl groups excluding tert-OH is 2. The van der Waals surface area contributed by atoms with Crippen molar-refractivity contribution in [2.45, 2.75) is 57.5 Å². The first-order chi connectivity index (χ1) is 11.1. The molecule has 0 aliphatic carbocycles. The summed E-state index contributed by atoms with van der Waals surface area (Å²) in [7, 11) is 0. The van der Waals surface area contributed by atoms with Gasteiger partial charge in [-0.25, -0.2) is 4.79 Å². The van der Waals surface area contributed by atoms with E-state index in [9.17, 15) is 14.7 Å². The lowest BCUT2D eigenvalue weighted by molar-refractivity contribution is -0.0459. The minimum absolute atomic E-state index is 0.191. The van der Waals surface area contributed by atoms with Crippen molar-refractivity contribution in [3.05, 3.63) is 38.7 Å². The lowest BCUT2D eigenvalue weighted by Gasteiger charge is -2.14. The van der Waals surface area contributed by atoms with Crippen LogP contribution >= 0.6 is 0 Å². The third-order valence-electron chi connectivity index (χ3n) is 3.96. The van der Waals surface area contributed by atoms with E-state index in [-0.39, 0.29) is 13.0 Å². The first kappa shape index (κ1) is 17.7. The molecule has 7 nitrogen and oxygen atoms in total. The molecule has 1 aliphatic rings. The molecule has 0 radical (unpaired) electrons. The Morgan fingerprint density at radius 3 is 2.87 bits per heavy atom. The second-order valence-corrected chi connectivity index (χ2v) is 5.76. The second-order valence-electron chi connectivity index (χ2n) is 5.76. The Hall–Kier alpha value is -1.70. The predicted octanol–water partition coefficient (Wildman–Crippen LogP) is 0.771. The van der Waals surface area contributed by atoms with Gasteiger partial charge in [-0.05, 0) is 12.8 Å². The number of rotatable bonds is 7. The molecule has 3 atom stereocenters. The van der Waals surface area contributed by atoms with Gasteiger partial charge in [-0.2, -0.15) is 0 Å². The van der Waals surface area contributed by atoms with Crippen molar-refractivity contribution in [3.8, 4) is 0 Å². The number of H-pyrrole nitrogens is 1. The van der Waals surface area contributed by atoms with Crippen LogP contribution < -0.4 is 11.2 Å². The number of aliphatic hydroxyl groups is 2. The van der Waals surface area contributed by atoms with E-state index in [0.717, 1.165) is 25.7 Å². The van der Waals surface area contributed by atoms with Crippen molar-refractivity contribution < 1.29 is 14.9 Å². The number of nitrogens with zero attached hydrogens (tertiary/aromatic N) is 1. The van der Waals surface area contributed by atoms with Gasteiger partial charge in [0.15, 0.2) is 0 Å².